The molecular weight excluding hydrogens is 242 g/mol. The molecule has 5 nitrogen and oxygen atoms in total. The molecule has 2 heterocycles. The van der Waals surface area contributed by atoms with Crippen LogP contribution in [0.2, 0.25) is 0 Å². The lowest BCUT2D eigenvalue weighted by molar-refractivity contribution is 0.0731. The van der Waals surface area contributed by atoms with Crippen LogP contribution in [0.4, 0.5) is 0 Å². The van der Waals surface area contributed by atoms with Crippen molar-refractivity contribution in [2.45, 2.75) is 0 Å². The van der Waals surface area contributed by atoms with Gasteiger partial charge in [0.1, 0.15) is 11.4 Å². The van der Waals surface area contributed by atoms with Crippen LogP contribution in [0.15, 0.2) is 24.3 Å². The number of rotatable bonds is 2. The molecule has 19 heavy (non-hydrogen) atoms. The van der Waals surface area contributed by atoms with Crippen molar-refractivity contribution in [3.05, 3.63) is 30.0 Å². The number of fused-ring (bicyclic) bond motifs is 1. The van der Waals surface area contributed by atoms with E-state index in [-0.39, 0.29) is 5.91 Å². The number of hydrogen-bond donors (Lipinski definition) is 2. The molecule has 0 saturated carbocycles. The molecule has 2 N–H and O–H groups in total. The smallest absolute Gasteiger partial charge is 0.270 e. The van der Waals surface area contributed by atoms with E-state index in [2.05, 4.69) is 10.3 Å². The number of amides is 1. The first-order valence-corrected chi connectivity index (χ1v) is 6.45. The first kappa shape index (κ1) is 12.0. The molecule has 2 aromatic rings. The van der Waals surface area contributed by atoms with Gasteiger partial charge >= 0.3 is 0 Å². The van der Waals surface area contributed by atoms with Crippen LogP contribution in [0.5, 0.6) is 5.75 Å². The molecule has 1 aliphatic heterocycles. The largest absolute Gasteiger partial charge is 0.497 e. The van der Waals surface area contributed by atoms with Crippen molar-refractivity contribution < 1.29 is 9.53 Å². The summed E-state index contributed by atoms with van der Waals surface area (Å²) < 4.78 is 5.19. The molecular formula is C14H17N3O2. The molecule has 1 saturated heterocycles. The van der Waals surface area contributed by atoms with E-state index in [0.717, 1.165) is 42.8 Å². The number of aromatic amines is 1. The molecule has 0 aliphatic carbocycles. The van der Waals surface area contributed by atoms with Gasteiger partial charge in [0.05, 0.1) is 7.11 Å². The minimum absolute atomic E-state index is 0.0664. The quantitative estimate of drug-likeness (QED) is 0.852. The van der Waals surface area contributed by atoms with Crippen LogP contribution < -0.4 is 10.1 Å². The van der Waals surface area contributed by atoms with Crippen molar-refractivity contribution in [2.24, 2.45) is 0 Å². The molecule has 1 aromatic carbocycles. The number of methoxy groups -OCH3 is 1. The van der Waals surface area contributed by atoms with Crippen LogP contribution in [0.25, 0.3) is 10.9 Å². The summed E-state index contributed by atoms with van der Waals surface area (Å²) >= 11 is 0. The number of nitrogens with one attached hydrogen (secondary N) is 2. The number of carbonyl (C=O) groups excluding carboxylic acids is 1. The zero-order valence-electron chi connectivity index (χ0n) is 10.9. The third-order valence-corrected chi connectivity index (χ3v) is 3.46. The molecule has 3 rings (SSSR count). The Labute approximate surface area is 111 Å². The fraction of sp³-hybridized carbons (Fsp3) is 0.357. The Hall–Kier alpha value is -2.01. The average Bonchev–Trinajstić information content (AvgIpc) is 2.90. The Morgan fingerprint density at radius 1 is 1.26 bits per heavy atom. The van der Waals surface area contributed by atoms with E-state index in [1.165, 1.54) is 0 Å². The maximum Gasteiger partial charge on any atom is 0.270 e. The number of piperazine rings is 1. The van der Waals surface area contributed by atoms with Gasteiger partial charge in [-0.25, -0.2) is 0 Å². The van der Waals surface area contributed by atoms with Gasteiger partial charge in [0.25, 0.3) is 5.91 Å². The third-order valence-electron chi connectivity index (χ3n) is 3.46. The zero-order chi connectivity index (χ0) is 13.2. The Balaban J connectivity index is 1.89. The van der Waals surface area contributed by atoms with Gasteiger partial charge in [-0.1, -0.05) is 0 Å². The first-order valence-electron chi connectivity index (χ1n) is 6.45. The molecule has 0 atom stereocenters. The minimum Gasteiger partial charge on any atom is -0.497 e. The second-order valence-electron chi connectivity index (χ2n) is 4.68. The highest BCUT2D eigenvalue weighted by molar-refractivity contribution is 5.98. The predicted octanol–water partition coefficient (Wildman–Crippen LogP) is 1.22. The zero-order valence-corrected chi connectivity index (χ0v) is 10.9. The number of nitrogens with zero attached hydrogens (tertiary/aromatic N) is 1. The molecule has 1 aromatic heterocycles. The highest BCUT2D eigenvalue weighted by Crippen LogP contribution is 2.22. The van der Waals surface area contributed by atoms with Crippen molar-refractivity contribution in [1.82, 2.24) is 15.2 Å². The highest BCUT2D eigenvalue weighted by atomic mass is 16.5. The Kier molecular flexibility index (Phi) is 3.13. The molecule has 1 aliphatic rings. The predicted molar refractivity (Wildman–Crippen MR) is 73.6 cm³/mol. The van der Waals surface area contributed by atoms with Crippen LogP contribution in [0.3, 0.4) is 0 Å². The van der Waals surface area contributed by atoms with Gasteiger partial charge in [-0.05, 0) is 24.3 Å². The second-order valence-corrected chi connectivity index (χ2v) is 4.68. The van der Waals surface area contributed by atoms with E-state index in [1.807, 2.05) is 29.2 Å². The van der Waals surface area contributed by atoms with Gasteiger partial charge in [-0.15, -0.1) is 0 Å². The maximum absolute atomic E-state index is 12.4. The second kappa shape index (κ2) is 4.93. The lowest BCUT2D eigenvalue weighted by Gasteiger charge is -2.26. The number of H-pyrrole nitrogens is 1. The van der Waals surface area contributed by atoms with Crippen molar-refractivity contribution >= 4 is 16.8 Å². The first-order chi connectivity index (χ1) is 9.28. The third kappa shape index (κ3) is 2.29. The molecule has 0 radical (unpaired) electrons. The maximum atomic E-state index is 12.4. The summed E-state index contributed by atoms with van der Waals surface area (Å²) in [6, 6.07) is 7.64. The molecule has 1 amide bonds. The lowest BCUT2D eigenvalue weighted by atomic mass is 10.2. The van der Waals surface area contributed by atoms with Crippen LogP contribution in [0, 0.1) is 0 Å². The minimum atomic E-state index is 0.0664. The monoisotopic (exact) mass is 259 g/mol. The summed E-state index contributed by atoms with van der Waals surface area (Å²) in [5.41, 5.74) is 1.60. The summed E-state index contributed by atoms with van der Waals surface area (Å²) in [4.78, 5) is 17.4. The molecule has 0 spiro atoms. The van der Waals surface area contributed by atoms with Gasteiger partial charge in [0.15, 0.2) is 0 Å². The van der Waals surface area contributed by atoms with Gasteiger partial charge in [-0.2, -0.15) is 0 Å². The van der Waals surface area contributed by atoms with Gasteiger partial charge < -0.3 is 19.9 Å². The Morgan fingerprint density at radius 2 is 2.05 bits per heavy atom. The van der Waals surface area contributed by atoms with Crippen molar-refractivity contribution in [3.8, 4) is 5.75 Å². The number of ether oxygens (including phenoxy) is 1. The summed E-state index contributed by atoms with van der Waals surface area (Å²) in [5, 5.41) is 4.24. The van der Waals surface area contributed by atoms with E-state index in [9.17, 15) is 4.79 Å². The molecule has 100 valence electrons. The summed E-state index contributed by atoms with van der Waals surface area (Å²) in [7, 11) is 1.64. The van der Waals surface area contributed by atoms with E-state index < -0.39 is 0 Å². The van der Waals surface area contributed by atoms with E-state index in [4.69, 9.17) is 4.74 Å². The van der Waals surface area contributed by atoms with Crippen molar-refractivity contribution in [3.63, 3.8) is 0 Å². The standard InChI is InChI=1S/C14H17N3O2/c1-19-11-2-3-12-10(8-11)9-13(16-12)14(18)17-6-4-15-5-7-17/h2-3,8-9,15-16H,4-7H2,1H3. The summed E-state index contributed by atoms with van der Waals surface area (Å²) in [6.45, 7) is 3.24. The number of hydrogen-bond acceptors (Lipinski definition) is 3. The van der Waals surface area contributed by atoms with Gasteiger partial charge in [0.2, 0.25) is 0 Å². The average molecular weight is 259 g/mol. The van der Waals surface area contributed by atoms with Crippen LogP contribution >= 0.6 is 0 Å². The topological polar surface area (TPSA) is 57.4 Å². The molecule has 1 fully saturated rings. The van der Waals surface area contributed by atoms with E-state index in [1.54, 1.807) is 7.11 Å². The van der Waals surface area contributed by atoms with Crippen molar-refractivity contribution in [1.29, 1.82) is 0 Å². The summed E-state index contributed by atoms with van der Waals surface area (Å²) in [5.74, 6) is 0.865. The Morgan fingerprint density at radius 3 is 2.79 bits per heavy atom. The Bertz CT molecular complexity index is 600. The molecule has 5 heteroatoms. The lowest BCUT2D eigenvalue weighted by Crippen LogP contribution is -2.46. The van der Waals surface area contributed by atoms with E-state index >= 15 is 0 Å². The highest BCUT2D eigenvalue weighted by Gasteiger charge is 2.19. The number of benzene rings is 1. The normalized spacial score (nSPS) is 15.7. The fourth-order valence-electron chi connectivity index (χ4n) is 2.39. The van der Waals surface area contributed by atoms with Gasteiger partial charge in [0, 0.05) is 37.1 Å². The number of carbonyl (C=O) groups is 1. The molecule has 0 bridgehead atoms. The summed E-state index contributed by atoms with van der Waals surface area (Å²) in [6.07, 6.45) is 0. The van der Waals surface area contributed by atoms with E-state index in [0.29, 0.717) is 5.69 Å². The SMILES string of the molecule is COc1ccc2[nH]c(C(=O)N3CCNCC3)cc2c1. The number of aromatic nitrogens is 1. The van der Waals surface area contributed by atoms with Crippen molar-refractivity contribution in [2.75, 3.05) is 33.3 Å². The van der Waals surface area contributed by atoms with Crippen LogP contribution in [-0.4, -0.2) is 49.1 Å². The van der Waals surface area contributed by atoms with Gasteiger partial charge in [-0.3, -0.25) is 4.79 Å². The molecule has 0 unspecified atom stereocenters. The van der Waals surface area contributed by atoms with Crippen LogP contribution in [0.1, 0.15) is 10.5 Å². The fourth-order valence-corrected chi connectivity index (χ4v) is 2.39. The van der Waals surface area contributed by atoms with Crippen LogP contribution in [-0.2, 0) is 0 Å².